The predicted octanol–water partition coefficient (Wildman–Crippen LogP) is 1.61. The van der Waals surface area contributed by atoms with Crippen LogP contribution in [0.15, 0.2) is 0 Å². The maximum Gasteiger partial charge on any atom is 0.222 e. The molecule has 1 aliphatic rings. The van der Waals surface area contributed by atoms with E-state index in [1.54, 1.807) is 0 Å². The smallest absolute Gasteiger partial charge is 0.222 e. The predicted molar refractivity (Wildman–Crippen MR) is 66.8 cm³/mol. The van der Waals surface area contributed by atoms with Gasteiger partial charge < -0.3 is 15.2 Å². The largest absolute Gasteiger partial charge is 0.388 e. The lowest BCUT2D eigenvalue weighted by Gasteiger charge is -2.32. The lowest BCUT2D eigenvalue weighted by Crippen LogP contribution is -2.44. The molecule has 1 amide bonds. The molecule has 1 rings (SSSR count). The molecule has 0 spiro atoms. The first-order valence-electron chi connectivity index (χ1n) is 6.73. The molecule has 0 aromatic carbocycles. The quantitative estimate of drug-likeness (QED) is 0.668. The standard InChI is InChI=1S/C13H25NO3/c1-2-9-17-10-6-12(15)14-11-13(16)7-4-3-5-8-13/h16H,2-11H2,1H3,(H,14,15). The van der Waals surface area contributed by atoms with Gasteiger partial charge in [0.2, 0.25) is 5.91 Å². The minimum absolute atomic E-state index is 0.0277. The van der Waals surface area contributed by atoms with Crippen LogP contribution < -0.4 is 5.32 Å². The Morgan fingerprint density at radius 2 is 2.00 bits per heavy atom. The van der Waals surface area contributed by atoms with Gasteiger partial charge >= 0.3 is 0 Å². The van der Waals surface area contributed by atoms with E-state index in [0.29, 0.717) is 26.2 Å². The fourth-order valence-electron chi connectivity index (χ4n) is 2.15. The average molecular weight is 243 g/mol. The van der Waals surface area contributed by atoms with Gasteiger partial charge in [-0.25, -0.2) is 0 Å². The Bertz CT molecular complexity index is 225. The lowest BCUT2D eigenvalue weighted by atomic mass is 9.85. The number of amides is 1. The minimum atomic E-state index is -0.668. The third-order valence-electron chi connectivity index (χ3n) is 3.22. The second-order valence-electron chi connectivity index (χ2n) is 4.92. The van der Waals surface area contributed by atoms with Crippen LogP contribution in [-0.2, 0) is 9.53 Å². The zero-order valence-corrected chi connectivity index (χ0v) is 10.8. The van der Waals surface area contributed by atoms with Crippen LogP contribution in [0.2, 0.25) is 0 Å². The molecule has 4 nitrogen and oxygen atoms in total. The lowest BCUT2D eigenvalue weighted by molar-refractivity contribution is -0.123. The summed E-state index contributed by atoms with van der Waals surface area (Å²) in [6.07, 6.45) is 6.29. The number of ether oxygens (including phenoxy) is 1. The van der Waals surface area contributed by atoms with Gasteiger partial charge in [-0.2, -0.15) is 0 Å². The first-order chi connectivity index (χ1) is 8.16. The molecule has 1 aliphatic carbocycles. The second kappa shape index (κ2) is 7.67. The topological polar surface area (TPSA) is 58.6 Å². The number of aliphatic hydroxyl groups is 1. The summed E-state index contributed by atoms with van der Waals surface area (Å²) < 4.78 is 5.25. The zero-order chi connectivity index (χ0) is 12.6. The Morgan fingerprint density at radius 1 is 1.29 bits per heavy atom. The normalized spacial score (nSPS) is 18.9. The molecule has 0 atom stereocenters. The summed E-state index contributed by atoms with van der Waals surface area (Å²) in [5.41, 5.74) is -0.668. The molecule has 1 saturated carbocycles. The summed E-state index contributed by atoms with van der Waals surface area (Å²) in [6, 6.07) is 0. The van der Waals surface area contributed by atoms with Crippen molar-refractivity contribution in [3.63, 3.8) is 0 Å². The van der Waals surface area contributed by atoms with E-state index in [2.05, 4.69) is 5.32 Å². The Labute approximate surface area is 104 Å². The number of rotatable bonds is 7. The van der Waals surface area contributed by atoms with Crippen molar-refractivity contribution in [2.45, 2.75) is 57.5 Å². The van der Waals surface area contributed by atoms with Crippen LogP contribution in [0.4, 0.5) is 0 Å². The van der Waals surface area contributed by atoms with Crippen molar-refractivity contribution in [2.24, 2.45) is 0 Å². The molecule has 0 unspecified atom stereocenters. The fraction of sp³-hybridized carbons (Fsp3) is 0.923. The molecular formula is C13H25NO3. The van der Waals surface area contributed by atoms with E-state index in [-0.39, 0.29) is 5.91 Å². The van der Waals surface area contributed by atoms with E-state index in [1.165, 1.54) is 6.42 Å². The highest BCUT2D eigenvalue weighted by Gasteiger charge is 2.29. The number of carbonyl (C=O) groups excluding carboxylic acids is 1. The van der Waals surface area contributed by atoms with Crippen molar-refractivity contribution in [1.29, 1.82) is 0 Å². The maximum atomic E-state index is 11.5. The highest BCUT2D eigenvalue weighted by atomic mass is 16.5. The molecule has 0 aromatic heterocycles. The Balaban J connectivity index is 2.10. The summed E-state index contributed by atoms with van der Waals surface area (Å²) in [7, 11) is 0. The molecule has 0 saturated heterocycles. The van der Waals surface area contributed by atoms with Crippen LogP contribution in [0, 0.1) is 0 Å². The highest BCUT2D eigenvalue weighted by molar-refractivity contribution is 5.76. The number of carbonyl (C=O) groups is 1. The van der Waals surface area contributed by atoms with E-state index in [0.717, 1.165) is 32.1 Å². The molecule has 0 bridgehead atoms. The second-order valence-corrected chi connectivity index (χ2v) is 4.92. The number of nitrogens with one attached hydrogen (secondary N) is 1. The first kappa shape index (κ1) is 14.5. The molecule has 0 aliphatic heterocycles. The number of hydrogen-bond donors (Lipinski definition) is 2. The van der Waals surface area contributed by atoms with Crippen molar-refractivity contribution in [3.05, 3.63) is 0 Å². The van der Waals surface area contributed by atoms with Gasteiger partial charge in [-0.15, -0.1) is 0 Å². The van der Waals surface area contributed by atoms with Crippen LogP contribution in [0.5, 0.6) is 0 Å². The monoisotopic (exact) mass is 243 g/mol. The molecule has 0 heterocycles. The average Bonchev–Trinajstić information content (AvgIpc) is 2.33. The van der Waals surface area contributed by atoms with Gasteiger partial charge in [0.25, 0.3) is 0 Å². The third-order valence-corrected chi connectivity index (χ3v) is 3.22. The van der Waals surface area contributed by atoms with Crippen LogP contribution >= 0.6 is 0 Å². The van der Waals surface area contributed by atoms with Gasteiger partial charge in [0.05, 0.1) is 12.2 Å². The molecular weight excluding hydrogens is 218 g/mol. The van der Waals surface area contributed by atoms with Crippen molar-refractivity contribution in [3.8, 4) is 0 Å². The summed E-state index contributed by atoms with van der Waals surface area (Å²) in [6.45, 7) is 3.60. The van der Waals surface area contributed by atoms with Crippen LogP contribution in [-0.4, -0.2) is 36.4 Å². The number of hydrogen-bond acceptors (Lipinski definition) is 3. The molecule has 4 heteroatoms. The van der Waals surface area contributed by atoms with Crippen LogP contribution in [0.25, 0.3) is 0 Å². The summed E-state index contributed by atoms with van der Waals surface area (Å²) in [5.74, 6) is -0.0277. The van der Waals surface area contributed by atoms with Crippen molar-refractivity contribution < 1.29 is 14.6 Å². The molecule has 0 aromatic rings. The molecule has 0 radical (unpaired) electrons. The maximum absolute atomic E-state index is 11.5. The molecule has 17 heavy (non-hydrogen) atoms. The SMILES string of the molecule is CCCOCCC(=O)NCC1(O)CCCCC1. The van der Waals surface area contributed by atoms with Gasteiger partial charge in [0.1, 0.15) is 0 Å². The zero-order valence-electron chi connectivity index (χ0n) is 10.8. The van der Waals surface area contributed by atoms with Gasteiger partial charge in [0.15, 0.2) is 0 Å². The first-order valence-corrected chi connectivity index (χ1v) is 6.73. The van der Waals surface area contributed by atoms with Gasteiger partial charge in [-0.1, -0.05) is 26.2 Å². The van der Waals surface area contributed by atoms with Gasteiger partial charge in [-0.3, -0.25) is 4.79 Å². The Kier molecular flexibility index (Phi) is 6.52. The minimum Gasteiger partial charge on any atom is -0.388 e. The Hall–Kier alpha value is -0.610. The van der Waals surface area contributed by atoms with Crippen LogP contribution in [0.1, 0.15) is 51.9 Å². The third kappa shape index (κ3) is 6.03. The van der Waals surface area contributed by atoms with Crippen molar-refractivity contribution >= 4 is 5.91 Å². The van der Waals surface area contributed by atoms with E-state index < -0.39 is 5.60 Å². The van der Waals surface area contributed by atoms with E-state index in [1.807, 2.05) is 6.92 Å². The molecule has 2 N–H and O–H groups in total. The summed E-state index contributed by atoms with van der Waals surface area (Å²) >= 11 is 0. The van der Waals surface area contributed by atoms with Gasteiger partial charge in [-0.05, 0) is 19.3 Å². The fourth-order valence-corrected chi connectivity index (χ4v) is 2.15. The summed E-state index contributed by atoms with van der Waals surface area (Å²) in [4.78, 5) is 11.5. The van der Waals surface area contributed by atoms with E-state index >= 15 is 0 Å². The van der Waals surface area contributed by atoms with Crippen molar-refractivity contribution in [1.82, 2.24) is 5.32 Å². The van der Waals surface area contributed by atoms with E-state index in [4.69, 9.17) is 4.74 Å². The Morgan fingerprint density at radius 3 is 2.65 bits per heavy atom. The summed E-state index contributed by atoms with van der Waals surface area (Å²) in [5, 5.41) is 13.0. The molecule has 100 valence electrons. The molecule has 1 fully saturated rings. The highest BCUT2D eigenvalue weighted by Crippen LogP contribution is 2.27. The van der Waals surface area contributed by atoms with E-state index in [9.17, 15) is 9.90 Å². The van der Waals surface area contributed by atoms with Gasteiger partial charge in [0, 0.05) is 19.6 Å². The van der Waals surface area contributed by atoms with Crippen molar-refractivity contribution in [2.75, 3.05) is 19.8 Å². The van der Waals surface area contributed by atoms with Crippen LogP contribution in [0.3, 0.4) is 0 Å².